The van der Waals surface area contributed by atoms with E-state index in [2.05, 4.69) is 50.2 Å². The quantitative estimate of drug-likeness (QED) is 0.378. The van der Waals surface area contributed by atoms with Gasteiger partial charge in [0.15, 0.2) is 0 Å². The monoisotopic (exact) mass is 378 g/mol. The molecule has 1 heteroatoms. The molecule has 2 aromatic carbocycles. The molecule has 0 amide bonds. The molecule has 0 spiro atoms. The Hall–Kier alpha value is -1.76. The fourth-order valence-corrected chi connectivity index (χ4v) is 4.51. The molecule has 1 saturated carbocycles. The van der Waals surface area contributed by atoms with Crippen LogP contribution in [-0.2, 0) is 6.61 Å². The minimum atomic E-state index is 0.647. The Kier molecular flexibility index (Phi) is 8.45. The molecule has 0 unspecified atom stereocenters. The molecule has 1 aliphatic carbocycles. The van der Waals surface area contributed by atoms with Gasteiger partial charge in [0, 0.05) is 0 Å². The highest BCUT2D eigenvalue weighted by Crippen LogP contribution is 2.37. The van der Waals surface area contributed by atoms with Crippen LogP contribution in [0.2, 0.25) is 0 Å². The van der Waals surface area contributed by atoms with E-state index in [1.165, 1.54) is 80.9 Å². The molecule has 28 heavy (non-hydrogen) atoms. The van der Waals surface area contributed by atoms with Gasteiger partial charge in [0.05, 0.1) is 0 Å². The van der Waals surface area contributed by atoms with Gasteiger partial charge in [-0.2, -0.15) is 0 Å². The van der Waals surface area contributed by atoms with Gasteiger partial charge < -0.3 is 4.74 Å². The molecule has 0 atom stereocenters. The summed E-state index contributed by atoms with van der Waals surface area (Å²) < 4.78 is 5.91. The average molecular weight is 379 g/mol. The van der Waals surface area contributed by atoms with Crippen LogP contribution in [0.5, 0.6) is 5.75 Å². The highest BCUT2D eigenvalue weighted by atomic mass is 16.5. The van der Waals surface area contributed by atoms with Crippen molar-refractivity contribution in [1.29, 1.82) is 0 Å². The van der Waals surface area contributed by atoms with Crippen molar-refractivity contribution in [2.75, 3.05) is 0 Å². The first-order chi connectivity index (χ1) is 13.7. The van der Waals surface area contributed by atoms with Crippen molar-refractivity contribution >= 4 is 0 Å². The minimum Gasteiger partial charge on any atom is -0.489 e. The van der Waals surface area contributed by atoms with Crippen molar-refractivity contribution in [3.05, 3.63) is 65.2 Å². The number of aryl methyl sites for hydroxylation is 1. The highest BCUT2D eigenvalue weighted by Gasteiger charge is 2.21. The number of ether oxygens (including phenoxy) is 1. The lowest BCUT2D eigenvalue weighted by Gasteiger charge is -2.29. The van der Waals surface area contributed by atoms with E-state index >= 15 is 0 Å². The molecule has 2 aromatic rings. The number of unbranched alkanes of at least 4 members (excludes halogenated alkanes) is 4. The number of benzene rings is 2. The Morgan fingerprint density at radius 1 is 0.786 bits per heavy atom. The summed E-state index contributed by atoms with van der Waals surface area (Å²) in [4.78, 5) is 0. The maximum Gasteiger partial charge on any atom is 0.119 e. The summed E-state index contributed by atoms with van der Waals surface area (Å²) in [5.41, 5.74) is 4.05. The van der Waals surface area contributed by atoms with Crippen molar-refractivity contribution in [2.24, 2.45) is 5.92 Å². The molecule has 1 nitrogen and oxygen atoms in total. The molecule has 0 radical (unpaired) electrons. The second-order valence-electron chi connectivity index (χ2n) is 8.76. The van der Waals surface area contributed by atoms with Gasteiger partial charge in [-0.15, -0.1) is 0 Å². The van der Waals surface area contributed by atoms with Gasteiger partial charge in [-0.3, -0.25) is 0 Å². The van der Waals surface area contributed by atoms with Gasteiger partial charge in [0.25, 0.3) is 0 Å². The summed E-state index contributed by atoms with van der Waals surface area (Å²) in [6.07, 6.45) is 14.2. The summed E-state index contributed by atoms with van der Waals surface area (Å²) in [5, 5.41) is 0. The third-order valence-corrected chi connectivity index (χ3v) is 6.44. The zero-order chi connectivity index (χ0) is 19.6. The molecule has 0 heterocycles. The summed E-state index contributed by atoms with van der Waals surface area (Å²) in [5.74, 6) is 2.70. The molecular formula is C27H38O. The predicted molar refractivity (Wildman–Crippen MR) is 120 cm³/mol. The number of hydrogen-bond donors (Lipinski definition) is 0. The van der Waals surface area contributed by atoms with E-state index in [0.717, 1.165) is 17.6 Å². The molecule has 0 bridgehead atoms. The van der Waals surface area contributed by atoms with Gasteiger partial charge in [-0.25, -0.2) is 0 Å². The van der Waals surface area contributed by atoms with Crippen molar-refractivity contribution in [1.82, 2.24) is 0 Å². The van der Waals surface area contributed by atoms with E-state index in [9.17, 15) is 0 Å². The fraction of sp³-hybridized carbons (Fsp3) is 0.556. The first-order valence-corrected chi connectivity index (χ1v) is 11.5. The van der Waals surface area contributed by atoms with E-state index in [-0.39, 0.29) is 0 Å². The predicted octanol–water partition coefficient (Wildman–Crippen LogP) is 8.21. The lowest BCUT2D eigenvalue weighted by molar-refractivity contribution is 0.301. The Morgan fingerprint density at radius 2 is 1.46 bits per heavy atom. The summed E-state index contributed by atoms with van der Waals surface area (Å²) in [7, 11) is 0. The summed E-state index contributed by atoms with van der Waals surface area (Å²) >= 11 is 0. The molecule has 0 aliphatic heterocycles. The van der Waals surface area contributed by atoms with Crippen LogP contribution in [0.4, 0.5) is 0 Å². The van der Waals surface area contributed by atoms with Crippen LogP contribution in [-0.4, -0.2) is 0 Å². The smallest absolute Gasteiger partial charge is 0.119 e. The van der Waals surface area contributed by atoms with Gasteiger partial charge in [0.1, 0.15) is 12.4 Å². The van der Waals surface area contributed by atoms with E-state index in [0.29, 0.717) is 6.61 Å². The Labute approximate surface area is 172 Å². The molecule has 0 saturated heterocycles. The number of hydrogen-bond acceptors (Lipinski definition) is 1. The van der Waals surface area contributed by atoms with Gasteiger partial charge >= 0.3 is 0 Å². The third-order valence-electron chi connectivity index (χ3n) is 6.44. The van der Waals surface area contributed by atoms with Crippen LogP contribution in [0.25, 0.3) is 0 Å². The molecule has 0 aromatic heterocycles. The molecule has 1 aliphatic rings. The van der Waals surface area contributed by atoms with Gasteiger partial charge in [0.2, 0.25) is 0 Å². The second-order valence-corrected chi connectivity index (χ2v) is 8.76. The minimum absolute atomic E-state index is 0.647. The molecule has 3 rings (SSSR count). The molecule has 1 fully saturated rings. The molecule has 152 valence electrons. The standard InChI is InChI=1S/C27H38O/c1-3-4-5-6-7-8-23-11-15-25(16-12-23)26-17-13-24(14-18-26)21-28-27-19-9-22(2)10-20-27/h9-10,13-14,17-20,23,25H,3-8,11-12,15-16,21H2,1-2H3/t23-,25-. The van der Waals surface area contributed by atoms with Crippen LogP contribution < -0.4 is 4.74 Å². The largest absolute Gasteiger partial charge is 0.489 e. The Bertz CT molecular complexity index is 662. The first-order valence-electron chi connectivity index (χ1n) is 11.5. The Balaban J connectivity index is 1.39. The molecule has 0 N–H and O–H groups in total. The first kappa shape index (κ1) is 21.0. The topological polar surface area (TPSA) is 9.23 Å². The van der Waals surface area contributed by atoms with Crippen LogP contribution in [0.3, 0.4) is 0 Å². The lowest BCUT2D eigenvalue weighted by Crippen LogP contribution is -2.13. The van der Waals surface area contributed by atoms with E-state index in [1.54, 1.807) is 0 Å². The highest BCUT2D eigenvalue weighted by molar-refractivity contribution is 5.28. The van der Waals surface area contributed by atoms with Gasteiger partial charge in [-0.1, -0.05) is 87.4 Å². The van der Waals surface area contributed by atoms with Crippen molar-refractivity contribution in [3.63, 3.8) is 0 Å². The zero-order valence-electron chi connectivity index (χ0n) is 18.0. The second kappa shape index (κ2) is 11.3. The van der Waals surface area contributed by atoms with E-state index < -0.39 is 0 Å². The number of rotatable bonds is 10. The fourth-order valence-electron chi connectivity index (χ4n) is 4.51. The maximum absolute atomic E-state index is 5.91. The van der Waals surface area contributed by atoms with Crippen LogP contribution in [0.1, 0.15) is 93.7 Å². The van der Waals surface area contributed by atoms with Crippen LogP contribution in [0.15, 0.2) is 48.5 Å². The van der Waals surface area contributed by atoms with Crippen LogP contribution in [0, 0.1) is 12.8 Å². The van der Waals surface area contributed by atoms with E-state index in [4.69, 9.17) is 4.74 Å². The summed E-state index contributed by atoms with van der Waals surface area (Å²) in [6.45, 7) is 5.04. The van der Waals surface area contributed by atoms with Crippen molar-refractivity contribution in [2.45, 2.75) is 90.6 Å². The van der Waals surface area contributed by atoms with Gasteiger partial charge in [-0.05, 0) is 67.7 Å². The molecular weight excluding hydrogens is 340 g/mol. The SMILES string of the molecule is CCCCCCC[C@H]1CC[C@H](c2ccc(COc3ccc(C)cc3)cc2)CC1. The average Bonchev–Trinajstić information content (AvgIpc) is 2.74. The third kappa shape index (κ3) is 6.69. The zero-order valence-corrected chi connectivity index (χ0v) is 18.0. The van der Waals surface area contributed by atoms with Crippen molar-refractivity contribution < 1.29 is 4.74 Å². The Morgan fingerprint density at radius 3 is 2.14 bits per heavy atom. The maximum atomic E-state index is 5.91. The van der Waals surface area contributed by atoms with Crippen LogP contribution >= 0.6 is 0 Å². The normalized spacial score (nSPS) is 19.5. The lowest BCUT2D eigenvalue weighted by atomic mass is 9.77. The van der Waals surface area contributed by atoms with Crippen molar-refractivity contribution in [3.8, 4) is 5.75 Å². The van der Waals surface area contributed by atoms with E-state index in [1.807, 2.05) is 12.1 Å². The summed E-state index contributed by atoms with van der Waals surface area (Å²) in [6, 6.07) is 17.5.